The van der Waals surface area contributed by atoms with E-state index in [4.69, 9.17) is 5.73 Å². The van der Waals surface area contributed by atoms with Gasteiger partial charge in [-0.15, -0.1) is 0 Å². The van der Waals surface area contributed by atoms with Gasteiger partial charge in [0.15, 0.2) is 0 Å². The van der Waals surface area contributed by atoms with E-state index in [0.29, 0.717) is 6.42 Å². The summed E-state index contributed by atoms with van der Waals surface area (Å²) < 4.78 is 47.9. The molecule has 15 heavy (non-hydrogen) atoms. The Morgan fingerprint density at radius 3 is 2.07 bits per heavy atom. The zero-order chi connectivity index (χ0) is 11.9. The minimum Gasteiger partial charge on any atom is -0.329 e. The lowest BCUT2D eigenvalue weighted by Crippen LogP contribution is -2.32. The Labute approximate surface area is 90.5 Å². The molecule has 0 saturated carbocycles. The lowest BCUT2D eigenvalue weighted by Gasteiger charge is -2.05. The fraction of sp³-hybridized carbons (Fsp3) is 1.00. The molecular weight excluding hydrogens is 242 g/mol. The molecule has 0 bridgehead atoms. The van der Waals surface area contributed by atoms with Crippen LogP contribution in [0.2, 0.25) is 0 Å². The molecule has 92 valence electrons. The van der Waals surface area contributed by atoms with Gasteiger partial charge < -0.3 is 5.73 Å². The van der Waals surface area contributed by atoms with Crippen LogP contribution in [0.25, 0.3) is 0 Å². The molecular formula is C6H17N3O4S2. The van der Waals surface area contributed by atoms with Crippen molar-refractivity contribution in [3.8, 4) is 0 Å². The number of nitrogens with two attached hydrogens (primary N) is 1. The first kappa shape index (κ1) is 14.8. The van der Waals surface area contributed by atoms with E-state index >= 15 is 0 Å². The maximum Gasteiger partial charge on any atom is 0.212 e. The fourth-order valence-electron chi connectivity index (χ4n) is 0.801. The van der Waals surface area contributed by atoms with Crippen LogP contribution in [0.3, 0.4) is 0 Å². The molecule has 0 saturated heterocycles. The van der Waals surface area contributed by atoms with Gasteiger partial charge in [0.1, 0.15) is 0 Å². The van der Waals surface area contributed by atoms with E-state index in [2.05, 4.69) is 9.44 Å². The van der Waals surface area contributed by atoms with Gasteiger partial charge in [-0.3, -0.25) is 0 Å². The van der Waals surface area contributed by atoms with Crippen molar-refractivity contribution in [2.75, 3.05) is 31.6 Å². The number of rotatable bonds is 8. The Morgan fingerprint density at radius 1 is 1.07 bits per heavy atom. The molecule has 0 aromatic carbocycles. The van der Waals surface area contributed by atoms with Gasteiger partial charge in [0.05, 0.1) is 12.0 Å². The molecule has 0 amide bonds. The first-order chi connectivity index (χ1) is 6.77. The maximum absolute atomic E-state index is 11.1. The van der Waals surface area contributed by atoms with Crippen LogP contribution < -0.4 is 15.2 Å². The lowest BCUT2D eigenvalue weighted by atomic mass is 10.4. The van der Waals surface area contributed by atoms with E-state index in [-0.39, 0.29) is 25.4 Å². The van der Waals surface area contributed by atoms with Gasteiger partial charge >= 0.3 is 0 Å². The normalized spacial score (nSPS) is 12.9. The summed E-state index contributed by atoms with van der Waals surface area (Å²) in [6.45, 7) is 0.478. The van der Waals surface area contributed by atoms with E-state index in [0.717, 1.165) is 6.26 Å². The highest BCUT2D eigenvalue weighted by Crippen LogP contribution is 1.84. The van der Waals surface area contributed by atoms with Crippen LogP contribution in [0.5, 0.6) is 0 Å². The average Bonchev–Trinajstić information content (AvgIpc) is 2.00. The van der Waals surface area contributed by atoms with E-state index < -0.39 is 20.0 Å². The van der Waals surface area contributed by atoms with E-state index in [9.17, 15) is 16.8 Å². The third-order valence-electron chi connectivity index (χ3n) is 1.43. The minimum absolute atomic E-state index is 0.0664. The zero-order valence-corrected chi connectivity index (χ0v) is 10.2. The highest BCUT2D eigenvalue weighted by molar-refractivity contribution is 7.89. The average molecular weight is 259 g/mol. The van der Waals surface area contributed by atoms with Crippen LogP contribution in [-0.4, -0.2) is 48.5 Å². The summed E-state index contributed by atoms with van der Waals surface area (Å²) in [5.41, 5.74) is 5.09. The third-order valence-corrected chi connectivity index (χ3v) is 3.57. The van der Waals surface area contributed by atoms with Crippen LogP contribution in [0, 0.1) is 0 Å². The Balaban J connectivity index is 3.64. The maximum atomic E-state index is 11.1. The molecule has 0 heterocycles. The summed E-state index contributed by atoms with van der Waals surface area (Å²) in [5, 5.41) is 0. The van der Waals surface area contributed by atoms with Crippen molar-refractivity contribution in [1.29, 1.82) is 0 Å². The largest absolute Gasteiger partial charge is 0.329 e. The highest BCUT2D eigenvalue weighted by atomic mass is 32.2. The molecule has 0 rings (SSSR count). The Kier molecular flexibility index (Phi) is 6.29. The van der Waals surface area contributed by atoms with Crippen molar-refractivity contribution in [1.82, 2.24) is 9.44 Å². The number of hydrogen-bond acceptors (Lipinski definition) is 5. The van der Waals surface area contributed by atoms with Crippen molar-refractivity contribution in [3.63, 3.8) is 0 Å². The number of hydrogen-bond donors (Lipinski definition) is 3. The molecule has 0 aromatic rings. The summed E-state index contributed by atoms with van der Waals surface area (Å²) >= 11 is 0. The second-order valence-corrected chi connectivity index (χ2v) is 6.78. The Hall–Kier alpha value is -0.220. The lowest BCUT2D eigenvalue weighted by molar-refractivity contribution is 0.575. The summed E-state index contributed by atoms with van der Waals surface area (Å²) in [5.74, 6) is -0.119. The molecule has 0 aliphatic carbocycles. The van der Waals surface area contributed by atoms with Crippen molar-refractivity contribution in [2.24, 2.45) is 5.73 Å². The third kappa shape index (κ3) is 10.1. The second-order valence-electron chi connectivity index (χ2n) is 3.02. The van der Waals surface area contributed by atoms with Crippen LogP contribution >= 0.6 is 0 Å². The first-order valence-electron chi connectivity index (χ1n) is 4.39. The summed E-state index contributed by atoms with van der Waals surface area (Å²) in [6, 6.07) is 0. The molecule has 0 fully saturated rings. The van der Waals surface area contributed by atoms with Crippen molar-refractivity contribution >= 4 is 20.0 Å². The summed E-state index contributed by atoms with van der Waals surface area (Å²) in [6.07, 6.45) is 1.45. The van der Waals surface area contributed by atoms with Crippen LogP contribution in [0.1, 0.15) is 6.42 Å². The van der Waals surface area contributed by atoms with E-state index in [1.807, 2.05) is 0 Å². The molecule has 0 unspecified atom stereocenters. The SMILES string of the molecule is CS(=O)(=O)NCCCNS(=O)(=O)CCN. The minimum atomic E-state index is -3.30. The van der Waals surface area contributed by atoms with E-state index in [1.165, 1.54) is 0 Å². The van der Waals surface area contributed by atoms with Crippen LogP contribution in [0.4, 0.5) is 0 Å². The standard InChI is InChI=1S/C6H17N3O4S2/c1-14(10,11)8-4-2-5-9-15(12,13)6-3-7/h8-9H,2-7H2,1H3. The predicted molar refractivity (Wildman–Crippen MR) is 58.3 cm³/mol. The van der Waals surface area contributed by atoms with Gasteiger partial charge in [-0.2, -0.15) is 0 Å². The Bertz CT molecular complexity index is 362. The second kappa shape index (κ2) is 6.38. The van der Waals surface area contributed by atoms with E-state index in [1.54, 1.807) is 0 Å². The van der Waals surface area contributed by atoms with Gasteiger partial charge in [-0.25, -0.2) is 26.3 Å². The van der Waals surface area contributed by atoms with Crippen molar-refractivity contribution in [2.45, 2.75) is 6.42 Å². The van der Waals surface area contributed by atoms with Crippen molar-refractivity contribution < 1.29 is 16.8 Å². The quantitative estimate of drug-likeness (QED) is 0.428. The van der Waals surface area contributed by atoms with Gasteiger partial charge in [-0.05, 0) is 6.42 Å². The molecule has 0 aromatic heterocycles. The summed E-state index contributed by atoms with van der Waals surface area (Å²) in [4.78, 5) is 0. The topological polar surface area (TPSA) is 118 Å². The molecule has 0 atom stereocenters. The van der Waals surface area contributed by atoms with Crippen molar-refractivity contribution in [3.05, 3.63) is 0 Å². The molecule has 7 nitrogen and oxygen atoms in total. The summed E-state index contributed by atoms with van der Waals surface area (Å²) in [7, 11) is -6.50. The molecule has 0 spiro atoms. The molecule has 0 aliphatic heterocycles. The Morgan fingerprint density at radius 2 is 1.60 bits per heavy atom. The number of nitrogens with one attached hydrogen (secondary N) is 2. The molecule has 0 aliphatic rings. The monoisotopic (exact) mass is 259 g/mol. The fourth-order valence-corrected chi connectivity index (χ4v) is 2.23. The van der Waals surface area contributed by atoms with Gasteiger partial charge in [-0.1, -0.05) is 0 Å². The number of sulfonamides is 2. The molecule has 9 heteroatoms. The first-order valence-corrected chi connectivity index (χ1v) is 7.93. The zero-order valence-electron chi connectivity index (χ0n) is 8.56. The molecule has 4 N–H and O–H groups in total. The van der Waals surface area contributed by atoms with Crippen LogP contribution in [0.15, 0.2) is 0 Å². The smallest absolute Gasteiger partial charge is 0.212 e. The van der Waals surface area contributed by atoms with Gasteiger partial charge in [0, 0.05) is 19.6 Å². The van der Waals surface area contributed by atoms with Gasteiger partial charge in [0.25, 0.3) is 0 Å². The molecule has 0 radical (unpaired) electrons. The van der Waals surface area contributed by atoms with Gasteiger partial charge in [0.2, 0.25) is 20.0 Å². The highest BCUT2D eigenvalue weighted by Gasteiger charge is 2.07. The van der Waals surface area contributed by atoms with Crippen LogP contribution in [-0.2, 0) is 20.0 Å². The predicted octanol–water partition coefficient (Wildman–Crippen LogP) is -2.20.